The summed E-state index contributed by atoms with van der Waals surface area (Å²) in [7, 11) is 0. The zero-order valence-electron chi connectivity index (χ0n) is 13.5. The molecule has 122 valence electrons. The Hall–Kier alpha value is -2.40. The van der Waals surface area contributed by atoms with E-state index in [0.717, 1.165) is 31.2 Å². The van der Waals surface area contributed by atoms with Crippen LogP contribution in [0, 0.1) is 3.57 Å². The van der Waals surface area contributed by atoms with E-state index in [4.69, 9.17) is 0 Å². The molecule has 0 saturated heterocycles. The van der Waals surface area contributed by atoms with Crippen LogP contribution in [0.1, 0.15) is 5.56 Å². The molecule has 0 aliphatic heterocycles. The molecule has 0 radical (unpaired) electrons. The monoisotopic (exact) mass is 437 g/mol. The summed E-state index contributed by atoms with van der Waals surface area (Å²) in [5, 5.41) is 1.78. The van der Waals surface area contributed by atoms with Crippen molar-refractivity contribution in [1.29, 1.82) is 0 Å². The van der Waals surface area contributed by atoms with Crippen LogP contribution in [0.3, 0.4) is 0 Å². The Bertz CT molecular complexity index is 1090. The maximum Gasteiger partial charge on any atom is 0.259 e. The summed E-state index contributed by atoms with van der Waals surface area (Å²) >= 11 is 2.37. The Morgan fingerprint density at radius 2 is 1.28 bits per heavy atom. The summed E-state index contributed by atoms with van der Waals surface area (Å²) in [6.45, 7) is 0.560. The molecule has 25 heavy (non-hydrogen) atoms. The third kappa shape index (κ3) is 3.00. The van der Waals surface area contributed by atoms with E-state index < -0.39 is 0 Å². The van der Waals surface area contributed by atoms with E-state index in [2.05, 4.69) is 46.9 Å². The third-order valence-corrected chi connectivity index (χ3v) is 5.44. The van der Waals surface area contributed by atoms with Crippen molar-refractivity contribution in [3.8, 4) is 11.3 Å². The Balaban J connectivity index is 2.05. The first-order valence-corrected chi connectivity index (χ1v) is 9.24. The average Bonchev–Trinajstić information content (AvgIpc) is 2.68. The number of hydrogen-bond donors (Lipinski definition) is 0. The van der Waals surface area contributed by atoms with E-state index in [1.165, 1.54) is 0 Å². The van der Waals surface area contributed by atoms with Crippen molar-refractivity contribution in [2.75, 3.05) is 0 Å². The lowest BCUT2D eigenvalue weighted by Crippen LogP contribution is -2.24. The van der Waals surface area contributed by atoms with Crippen LogP contribution in [0.5, 0.6) is 0 Å². The van der Waals surface area contributed by atoms with Gasteiger partial charge in [-0.25, -0.2) is 0 Å². The topological polar surface area (TPSA) is 22.0 Å². The molecule has 0 fully saturated rings. The summed E-state index contributed by atoms with van der Waals surface area (Å²) in [4.78, 5) is 13.2. The summed E-state index contributed by atoms with van der Waals surface area (Å²) in [5.74, 6) is 0. The SMILES string of the molecule is O=c1c2ccccc2c(I)c(-c2ccccc2)n1Cc1ccccc1. The number of benzene rings is 3. The van der Waals surface area contributed by atoms with Gasteiger partial charge in [0.05, 0.1) is 12.2 Å². The quantitative estimate of drug-likeness (QED) is 0.398. The van der Waals surface area contributed by atoms with Gasteiger partial charge in [0, 0.05) is 14.3 Å². The van der Waals surface area contributed by atoms with Gasteiger partial charge in [0.15, 0.2) is 0 Å². The highest BCUT2D eigenvalue weighted by Crippen LogP contribution is 2.30. The average molecular weight is 437 g/mol. The fourth-order valence-corrected chi connectivity index (χ4v) is 4.22. The van der Waals surface area contributed by atoms with Crippen LogP contribution in [-0.4, -0.2) is 4.57 Å². The van der Waals surface area contributed by atoms with Gasteiger partial charge in [0.25, 0.3) is 5.56 Å². The van der Waals surface area contributed by atoms with Crippen LogP contribution < -0.4 is 5.56 Å². The fourth-order valence-electron chi connectivity index (χ4n) is 3.15. The Labute approximate surface area is 159 Å². The minimum absolute atomic E-state index is 0.0544. The number of halogens is 1. The van der Waals surface area contributed by atoms with Gasteiger partial charge in [-0.2, -0.15) is 0 Å². The summed E-state index contributed by atoms with van der Waals surface area (Å²) in [6.07, 6.45) is 0. The largest absolute Gasteiger partial charge is 0.302 e. The van der Waals surface area contributed by atoms with Gasteiger partial charge in [-0.1, -0.05) is 78.9 Å². The first-order chi connectivity index (χ1) is 12.3. The fraction of sp³-hybridized carbons (Fsp3) is 0.0455. The normalized spacial score (nSPS) is 10.9. The molecule has 3 aromatic carbocycles. The minimum Gasteiger partial charge on any atom is -0.302 e. The molecule has 2 nitrogen and oxygen atoms in total. The van der Waals surface area contributed by atoms with Crippen molar-refractivity contribution < 1.29 is 0 Å². The molecule has 1 aromatic heterocycles. The van der Waals surface area contributed by atoms with Gasteiger partial charge in [-0.15, -0.1) is 0 Å². The number of aromatic nitrogens is 1. The number of hydrogen-bond acceptors (Lipinski definition) is 1. The Morgan fingerprint density at radius 1 is 0.720 bits per heavy atom. The number of pyridine rings is 1. The molecule has 0 unspecified atom stereocenters. The lowest BCUT2D eigenvalue weighted by atomic mass is 10.1. The molecule has 0 aliphatic carbocycles. The molecule has 4 aromatic rings. The molecule has 3 heteroatoms. The predicted octanol–water partition coefficient (Wildman–Crippen LogP) is 5.32. The van der Waals surface area contributed by atoms with E-state index in [1.54, 1.807) is 0 Å². The lowest BCUT2D eigenvalue weighted by molar-refractivity contribution is 0.774. The third-order valence-electron chi connectivity index (χ3n) is 4.35. The number of nitrogens with zero attached hydrogens (tertiary/aromatic N) is 1. The molecular formula is C22H16INO. The van der Waals surface area contributed by atoms with Crippen molar-refractivity contribution in [3.63, 3.8) is 0 Å². The molecular weight excluding hydrogens is 421 g/mol. The lowest BCUT2D eigenvalue weighted by Gasteiger charge is -2.17. The van der Waals surface area contributed by atoms with Crippen molar-refractivity contribution in [2.45, 2.75) is 6.54 Å². The highest BCUT2D eigenvalue weighted by Gasteiger charge is 2.16. The Morgan fingerprint density at radius 3 is 1.96 bits per heavy atom. The molecule has 0 atom stereocenters. The van der Waals surface area contributed by atoms with Crippen LogP contribution in [-0.2, 0) is 6.54 Å². The van der Waals surface area contributed by atoms with E-state index in [1.807, 2.05) is 65.2 Å². The second-order valence-corrected chi connectivity index (χ2v) is 7.03. The molecule has 4 rings (SSSR count). The van der Waals surface area contributed by atoms with Crippen molar-refractivity contribution >= 4 is 33.4 Å². The van der Waals surface area contributed by atoms with Gasteiger partial charge in [0.1, 0.15) is 0 Å². The molecule has 0 aliphatic rings. The van der Waals surface area contributed by atoms with E-state index >= 15 is 0 Å². The highest BCUT2D eigenvalue weighted by molar-refractivity contribution is 14.1. The first kappa shape index (κ1) is 16.1. The van der Waals surface area contributed by atoms with Gasteiger partial charge >= 0.3 is 0 Å². The minimum atomic E-state index is 0.0544. The van der Waals surface area contributed by atoms with Crippen LogP contribution in [0.4, 0.5) is 0 Å². The molecule has 1 heterocycles. The summed E-state index contributed by atoms with van der Waals surface area (Å²) in [6, 6.07) is 28.1. The van der Waals surface area contributed by atoms with E-state index in [0.29, 0.717) is 6.54 Å². The molecule has 0 spiro atoms. The van der Waals surface area contributed by atoms with Crippen molar-refractivity contribution in [3.05, 3.63) is 104 Å². The molecule has 0 N–H and O–H groups in total. The predicted molar refractivity (Wildman–Crippen MR) is 112 cm³/mol. The summed E-state index contributed by atoms with van der Waals surface area (Å²) < 4.78 is 3.00. The zero-order chi connectivity index (χ0) is 17.2. The van der Waals surface area contributed by atoms with Gasteiger partial charge in [-0.05, 0) is 39.8 Å². The summed E-state index contributed by atoms with van der Waals surface area (Å²) in [5.41, 5.74) is 3.21. The second kappa shape index (κ2) is 6.84. The highest BCUT2D eigenvalue weighted by atomic mass is 127. The van der Waals surface area contributed by atoms with Crippen LogP contribution >= 0.6 is 22.6 Å². The van der Waals surface area contributed by atoms with Crippen molar-refractivity contribution in [1.82, 2.24) is 4.57 Å². The van der Waals surface area contributed by atoms with Crippen LogP contribution in [0.15, 0.2) is 89.7 Å². The van der Waals surface area contributed by atoms with Gasteiger partial charge < -0.3 is 4.57 Å². The standard InChI is InChI=1S/C22H16INO/c23-20-18-13-7-8-14-19(18)22(25)24(15-16-9-3-1-4-10-16)21(20)17-11-5-2-6-12-17/h1-14H,15H2. The smallest absolute Gasteiger partial charge is 0.259 e. The molecule has 0 amide bonds. The van der Waals surface area contributed by atoms with Gasteiger partial charge in [0.2, 0.25) is 0 Å². The number of rotatable bonds is 3. The van der Waals surface area contributed by atoms with Crippen molar-refractivity contribution in [2.24, 2.45) is 0 Å². The zero-order valence-corrected chi connectivity index (χ0v) is 15.7. The second-order valence-electron chi connectivity index (χ2n) is 5.95. The van der Waals surface area contributed by atoms with E-state index in [9.17, 15) is 4.79 Å². The molecule has 0 bridgehead atoms. The van der Waals surface area contributed by atoms with Gasteiger partial charge in [-0.3, -0.25) is 4.79 Å². The first-order valence-electron chi connectivity index (χ1n) is 8.16. The Kier molecular flexibility index (Phi) is 4.40. The van der Waals surface area contributed by atoms with Crippen LogP contribution in [0.25, 0.3) is 22.0 Å². The number of fused-ring (bicyclic) bond motifs is 1. The maximum absolute atomic E-state index is 13.2. The molecule has 0 saturated carbocycles. The maximum atomic E-state index is 13.2. The van der Waals surface area contributed by atoms with Crippen LogP contribution in [0.2, 0.25) is 0 Å². The van der Waals surface area contributed by atoms with E-state index in [-0.39, 0.29) is 5.56 Å².